The molecule has 0 saturated heterocycles. The highest BCUT2D eigenvalue weighted by molar-refractivity contribution is 4.66. The van der Waals surface area contributed by atoms with Crippen LogP contribution in [0.1, 0.15) is 34.1 Å². The van der Waals surface area contributed by atoms with Crippen LogP contribution in [-0.2, 0) is 9.47 Å². The quantitative estimate of drug-likeness (QED) is 0.614. The molecule has 0 N–H and O–H groups in total. The van der Waals surface area contributed by atoms with E-state index < -0.39 is 0 Å². The van der Waals surface area contributed by atoms with Crippen molar-refractivity contribution in [1.82, 2.24) is 0 Å². The van der Waals surface area contributed by atoms with E-state index in [-0.39, 0.29) is 5.60 Å². The van der Waals surface area contributed by atoms with Crippen molar-refractivity contribution in [3.05, 3.63) is 0 Å². The van der Waals surface area contributed by atoms with Crippen molar-refractivity contribution in [1.29, 1.82) is 0 Å². The molecule has 0 amide bonds. The van der Waals surface area contributed by atoms with E-state index in [9.17, 15) is 0 Å². The van der Waals surface area contributed by atoms with Crippen LogP contribution in [0.25, 0.3) is 0 Å². The maximum absolute atomic E-state index is 5.40. The van der Waals surface area contributed by atoms with Crippen molar-refractivity contribution < 1.29 is 9.47 Å². The molecule has 0 saturated carbocycles. The van der Waals surface area contributed by atoms with Crippen LogP contribution < -0.4 is 0 Å². The van der Waals surface area contributed by atoms with Gasteiger partial charge in [-0.05, 0) is 34.1 Å². The Kier molecular flexibility index (Phi) is 4.69. The first-order valence-corrected chi connectivity index (χ1v) is 4.15. The Bertz CT molecular complexity index is 97.7. The Morgan fingerprint density at radius 3 is 2.18 bits per heavy atom. The molecule has 0 aromatic carbocycles. The topological polar surface area (TPSA) is 18.5 Å². The van der Waals surface area contributed by atoms with Gasteiger partial charge in [-0.25, -0.2) is 0 Å². The van der Waals surface area contributed by atoms with E-state index in [0.717, 1.165) is 13.0 Å². The van der Waals surface area contributed by atoms with Gasteiger partial charge in [0.15, 0.2) is 0 Å². The van der Waals surface area contributed by atoms with Gasteiger partial charge in [-0.1, -0.05) is 0 Å². The number of methoxy groups -OCH3 is 1. The first-order chi connectivity index (χ1) is 4.98. The maximum Gasteiger partial charge on any atom is 0.0644 e. The van der Waals surface area contributed by atoms with Crippen LogP contribution in [0.15, 0.2) is 0 Å². The van der Waals surface area contributed by atoms with Crippen LogP contribution in [0.4, 0.5) is 0 Å². The summed E-state index contributed by atoms with van der Waals surface area (Å²) in [6, 6.07) is 0. The van der Waals surface area contributed by atoms with E-state index in [1.54, 1.807) is 7.11 Å². The molecule has 0 fully saturated rings. The van der Waals surface area contributed by atoms with Crippen molar-refractivity contribution in [3.63, 3.8) is 0 Å². The number of hydrogen-bond donors (Lipinski definition) is 0. The van der Waals surface area contributed by atoms with E-state index in [4.69, 9.17) is 9.47 Å². The summed E-state index contributed by atoms with van der Waals surface area (Å²) in [5.41, 5.74) is -0.0467. The standard InChI is InChI=1S/C9H20O2/c1-8(2)11-7-6-9(3,4)10-5/h8H,6-7H2,1-5H3. The van der Waals surface area contributed by atoms with Gasteiger partial charge in [0.1, 0.15) is 0 Å². The lowest BCUT2D eigenvalue weighted by atomic mass is 10.1. The summed E-state index contributed by atoms with van der Waals surface area (Å²) in [6.07, 6.45) is 1.27. The summed E-state index contributed by atoms with van der Waals surface area (Å²) in [5, 5.41) is 0. The third kappa shape index (κ3) is 6.32. The summed E-state index contributed by atoms with van der Waals surface area (Å²) in [4.78, 5) is 0. The molecule has 0 aliphatic heterocycles. The van der Waals surface area contributed by atoms with Crippen LogP contribution in [0.3, 0.4) is 0 Å². The zero-order valence-corrected chi connectivity index (χ0v) is 8.31. The monoisotopic (exact) mass is 160 g/mol. The summed E-state index contributed by atoms with van der Waals surface area (Å²) >= 11 is 0. The minimum absolute atomic E-state index is 0.0467. The molecule has 0 radical (unpaired) electrons. The molecule has 68 valence electrons. The minimum atomic E-state index is -0.0467. The molecule has 0 atom stereocenters. The highest BCUT2D eigenvalue weighted by atomic mass is 16.5. The van der Waals surface area contributed by atoms with Gasteiger partial charge in [0.05, 0.1) is 11.7 Å². The molecule has 0 spiro atoms. The molecule has 2 heteroatoms. The third-order valence-corrected chi connectivity index (χ3v) is 1.71. The van der Waals surface area contributed by atoms with Crippen molar-refractivity contribution in [2.45, 2.75) is 45.8 Å². The minimum Gasteiger partial charge on any atom is -0.379 e. The number of rotatable bonds is 5. The van der Waals surface area contributed by atoms with Crippen LogP contribution in [0, 0.1) is 0 Å². The van der Waals surface area contributed by atoms with Crippen molar-refractivity contribution in [3.8, 4) is 0 Å². The Labute approximate surface area is 69.9 Å². The van der Waals surface area contributed by atoms with E-state index >= 15 is 0 Å². The molecule has 0 rings (SSSR count). The number of hydrogen-bond acceptors (Lipinski definition) is 2. The predicted molar refractivity (Wildman–Crippen MR) is 46.8 cm³/mol. The highest BCUT2D eigenvalue weighted by Gasteiger charge is 2.15. The molecule has 0 aromatic heterocycles. The van der Waals surface area contributed by atoms with Crippen LogP contribution in [-0.4, -0.2) is 25.4 Å². The molecule has 0 heterocycles. The fourth-order valence-electron chi connectivity index (χ4n) is 0.642. The zero-order valence-electron chi connectivity index (χ0n) is 8.31. The Morgan fingerprint density at radius 2 is 1.82 bits per heavy atom. The lowest BCUT2D eigenvalue weighted by molar-refractivity contribution is -0.0201. The SMILES string of the molecule is COC(C)(C)CCOC(C)C. The van der Waals surface area contributed by atoms with Gasteiger partial charge in [0, 0.05) is 13.7 Å². The molecule has 0 unspecified atom stereocenters. The molecule has 2 nitrogen and oxygen atoms in total. The lowest BCUT2D eigenvalue weighted by Crippen LogP contribution is -2.25. The van der Waals surface area contributed by atoms with Crippen LogP contribution >= 0.6 is 0 Å². The third-order valence-electron chi connectivity index (χ3n) is 1.71. The van der Waals surface area contributed by atoms with Crippen molar-refractivity contribution in [2.75, 3.05) is 13.7 Å². The van der Waals surface area contributed by atoms with E-state index in [2.05, 4.69) is 13.8 Å². The average molecular weight is 160 g/mol. The smallest absolute Gasteiger partial charge is 0.0644 e. The summed E-state index contributed by atoms with van der Waals surface area (Å²) in [7, 11) is 1.73. The van der Waals surface area contributed by atoms with Crippen LogP contribution in [0.2, 0.25) is 0 Å². The lowest BCUT2D eigenvalue weighted by Gasteiger charge is -2.23. The number of ether oxygens (including phenoxy) is 2. The second-order valence-corrected chi connectivity index (χ2v) is 3.63. The van der Waals surface area contributed by atoms with Gasteiger partial charge in [0.2, 0.25) is 0 Å². The van der Waals surface area contributed by atoms with Gasteiger partial charge < -0.3 is 9.47 Å². The maximum atomic E-state index is 5.40. The summed E-state index contributed by atoms with van der Waals surface area (Å²) in [5.74, 6) is 0. The normalized spacial score (nSPS) is 12.5. The molecule has 0 bridgehead atoms. The molecule has 11 heavy (non-hydrogen) atoms. The molecule has 0 aromatic rings. The van der Waals surface area contributed by atoms with Crippen molar-refractivity contribution >= 4 is 0 Å². The van der Waals surface area contributed by atoms with E-state index in [1.165, 1.54) is 0 Å². The molecule has 0 aliphatic carbocycles. The van der Waals surface area contributed by atoms with Crippen molar-refractivity contribution in [2.24, 2.45) is 0 Å². The van der Waals surface area contributed by atoms with Gasteiger partial charge in [-0.2, -0.15) is 0 Å². The van der Waals surface area contributed by atoms with E-state index in [1.807, 2.05) is 13.8 Å². The predicted octanol–water partition coefficient (Wildman–Crippen LogP) is 2.23. The van der Waals surface area contributed by atoms with Gasteiger partial charge in [0.25, 0.3) is 0 Å². The molecule has 0 aliphatic rings. The van der Waals surface area contributed by atoms with Gasteiger partial charge in [-0.3, -0.25) is 0 Å². The average Bonchev–Trinajstić information content (AvgIpc) is 1.87. The second kappa shape index (κ2) is 4.73. The largest absolute Gasteiger partial charge is 0.379 e. The van der Waals surface area contributed by atoms with Gasteiger partial charge in [-0.15, -0.1) is 0 Å². The Morgan fingerprint density at radius 1 is 1.27 bits per heavy atom. The summed E-state index contributed by atoms with van der Waals surface area (Å²) in [6.45, 7) is 8.99. The van der Waals surface area contributed by atoms with Gasteiger partial charge >= 0.3 is 0 Å². The highest BCUT2D eigenvalue weighted by Crippen LogP contribution is 2.12. The fourth-order valence-corrected chi connectivity index (χ4v) is 0.642. The first-order valence-electron chi connectivity index (χ1n) is 4.15. The Balaban J connectivity index is 3.38. The molecular weight excluding hydrogens is 140 g/mol. The second-order valence-electron chi connectivity index (χ2n) is 3.63. The Hall–Kier alpha value is -0.0800. The van der Waals surface area contributed by atoms with Crippen LogP contribution in [0.5, 0.6) is 0 Å². The molecular formula is C9H20O2. The summed E-state index contributed by atoms with van der Waals surface area (Å²) < 4.78 is 10.6. The van der Waals surface area contributed by atoms with E-state index in [0.29, 0.717) is 6.10 Å². The zero-order chi connectivity index (χ0) is 8.91. The fraction of sp³-hybridized carbons (Fsp3) is 1.00. The first kappa shape index (κ1) is 10.9.